The van der Waals surface area contributed by atoms with E-state index in [4.69, 9.17) is 4.74 Å². The van der Waals surface area contributed by atoms with Crippen molar-refractivity contribution in [2.75, 3.05) is 55.6 Å². The maximum Gasteiger partial charge on any atom is 0.418 e. The molecule has 0 spiro atoms. The summed E-state index contributed by atoms with van der Waals surface area (Å²) >= 11 is 0. The van der Waals surface area contributed by atoms with Gasteiger partial charge >= 0.3 is 12.3 Å². The Morgan fingerprint density at radius 1 is 0.925 bits per heavy atom. The number of rotatable bonds is 4. The molecule has 1 amide bonds. The first-order valence-corrected chi connectivity index (χ1v) is 14.5. The number of amides is 1. The topological polar surface area (TPSA) is 73.4 Å². The lowest BCUT2D eigenvalue weighted by atomic mass is 10.1. The summed E-state index contributed by atoms with van der Waals surface area (Å²) in [5, 5.41) is 0. The maximum absolute atomic E-state index is 13.6. The van der Waals surface area contributed by atoms with Gasteiger partial charge in [0, 0.05) is 63.2 Å². The van der Waals surface area contributed by atoms with E-state index in [0.29, 0.717) is 37.9 Å². The van der Waals surface area contributed by atoms with E-state index in [-0.39, 0.29) is 36.3 Å². The van der Waals surface area contributed by atoms with E-state index in [1.54, 1.807) is 50.8 Å². The van der Waals surface area contributed by atoms with Gasteiger partial charge in [-0.1, -0.05) is 6.07 Å². The first-order valence-electron chi connectivity index (χ1n) is 13.0. The van der Waals surface area contributed by atoms with Crippen LogP contribution in [0.1, 0.15) is 33.3 Å². The number of anilines is 2. The van der Waals surface area contributed by atoms with Gasteiger partial charge in [-0.05, 0) is 64.1 Å². The highest BCUT2D eigenvalue weighted by atomic mass is 32.2. The third-order valence-corrected chi connectivity index (χ3v) is 8.90. The van der Waals surface area contributed by atoms with Crippen LogP contribution >= 0.6 is 0 Å². The molecule has 2 heterocycles. The van der Waals surface area contributed by atoms with Crippen molar-refractivity contribution >= 4 is 27.5 Å². The van der Waals surface area contributed by atoms with E-state index < -0.39 is 39.2 Å². The minimum atomic E-state index is -4.75. The van der Waals surface area contributed by atoms with Crippen LogP contribution in [0, 0.1) is 5.82 Å². The number of carbonyl (C=O) groups excluding carboxylic acids is 1. The Morgan fingerprint density at radius 3 is 2.17 bits per heavy atom. The van der Waals surface area contributed by atoms with Crippen LogP contribution in [0.4, 0.5) is 33.7 Å². The second-order valence-corrected chi connectivity index (χ2v) is 12.9. The number of nitrogens with zero attached hydrogens (tertiary/aromatic N) is 4. The molecule has 2 fully saturated rings. The third kappa shape index (κ3) is 6.63. The summed E-state index contributed by atoms with van der Waals surface area (Å²) in [6.45, 7) is 8.89. The predicted molar refractivity (Wildman–Crippen MR) is 143 cm³/mol. The van der Waals surface area contributed by atoms with Crippen molar-refractivity contribution in [2.24, 2.45) is 0 Å². The Labute approximate surface area is 232 Å². The molecule has 2 aromatic rings. The van der Waals surface area contributed by atoms with Crippen molar-refractivity contribution in [1.29, 1.82) is 0 Å². The van der Waals surface area contributed by atoms with Gasteiger partial charge in [0.05, 0.1) is 10.5 Å². The molecule has 2 aromatic carbocycles. The lowest BCUT2D eigenvalue weighted by Gasteiger charge is -2.41. The molecular formula is C27H34F4N4O4S. The first kappa shape index (κ1) is 29.9. The highest BCUT2D eigenvalue weighted by Gasteiger charge is 2.39. The molecule has 0 saturated carbocycles. The summed E-state index contributed by atoms with van der Waals surface area (Å²) in [6.07, 6.45) is -5.14. The van der Waals surface area contributed by atoms with Gasteiger partial charge in [0.25, 0.3) is 0 Å². The van der Waals surface area contributed by atoms with Crippen molar-refractivity contribution in [3.63, 3.8) is 0 Å². The first-order chi connectivity index (χ1) is 18.6. The largest absolute Gasteiger partial charge is 0.444 e. The van der Waals surface area contributed by atoms with Crippen molar-refractivity contribution in [2.45, 2.75) is 50.4 Å². The van der Waals surface area contributed by atoms with Crippen LogP contribution in [0.15, 0.2) is 47.4 Å². The molecule has 0 N–H and O–H groups in total. The number of piperazine rings is 2. The molecule has 8 nitrogen and oxygen atoms in total. The molecule has 0 radical (unpaired) electrons. The summed E-state index contributed by atoms with van der Waals surface area (Å²) < 4.78 is 88.2. The maximum atomic E-state index is 13.6. The zero-order valence-electron chi connectivity index (χ0n) is 22.9. The number of hydrogen-bond acceptors (Lipinski definition) is 6. The van der Waals surface area contributed by atoms with Crippen molar-refractivity contribution in [3.05, 3.63) is 53.8 Å². The van der Waals surface area contributed by atoms with Crippen LogP contribution in [-0.2, 0) is 20.9 Å². The standard InChI is InChI=1S/C27H34F4N4O4S/c1-19-18-34(24-9-8-20(28)16-23(24)27(29,30)31)14-15-35(19)40(37,38)22-7-5-6-21(17-22)32-10-12-33(13-11-32)25(36)39-26(2,3)4/h5-9,16-17,19H,10-15,18H2,1-4H3. The quantitative estimate of drug-likeness (QED) is 0.480. The number of ether oxygens (including phenoxy) is 1. The smallest absolute Gasteiger partial charge is 0.418 e. The summed E-state index contributed by atoms with van der Waals surface area (Å²) in [6, 6.07) is 8.41. The van der Waals surface area contributed by atoms with Crippen molar-refractivity contribution in [1.82, 2.24) is 9.21 Å². The molecule has 1 atom stereocenters. The van der Waals surface area contributed by atoms with E-state index in [9.17, 15) is 30.8 Å². The Morgan fingerprint density at radius 2 is 1.57 bits per heavy atom. The summed E-state index contributed by atoms with van der Waals surface area (Å²) in [7, 11) is -3.95. The normalized spacial score (nSPS) is 19.6. The zero-order chi connectivity index (χ0) is 29.5. The van der Waals surface area contributed by atoms with Crippen LogP contribution in [-0.4, -0.2) is 81.2 Å². The molecule has 1 unspecified atom stereocenters. The van der Waals surface area contributed by atoms with Crippen LogP contribution in [0.5, 0.6) is 0 Å². The van der Waals surface area contributed by atoms with Gasteiger partial charge in [0.2, 0.25) is 10.0 Å². The average Bonchev–Trinajstić information content (AvgIpc) is 2.87. The molecule has 13 heteroatoms. The third-order valence-electron chi connectivity index (χ3n) is 6.89. The highest BCUT2D eigenvalue weighted by Crippen LogP contribution is 2.38. The van der Waals surface area contributed by atoms with Crippen LogP contribution in [0.3, 0.4) is 0 Å². The predicted octanol–water partition coefficient (Wildman–Crippen LogP) is 4.80. The summed E-state index contributed by atoms with van der Waals surface area (Å²) in [4.78, 5) is 17.5. The lowest BCUT2D eigenvalue weighted by molar-refractivity contribution is -0.137. The van der Waals surface area contributed by atoms with Crippen LogP contribution in [0.25, 0.3) is 0 Å². The molecule has 0 bridgehead atoms. The number of hydrogen-bond donors (Lipinski definition) is 0. The fourth-order valence-corrected chi connectivity index (χ4v) is 6.63. The summed E-state index contributed by atoms with van der Waals surface area (Å²) in [5.41, 5.74) is -1.17. The number of halogens is 4. The van der Waals surface area contributed by atoms with E-state index in [1.165, 1.54) is 15.3 Å². The Bertz CT molecular complexity index is 1340. The lowest BCUT2D eigenvalue weighted by Crippen LogP contribution is -2.54. The number of sulfonamides is 1. The Balaban J connectivity index is 1.45. The van der Waals surface area contributed by atoms with Crippen molar-refractivity contribution in [3.8, 4) is 0 Å². The molecule has 2 aliphatic heterocycles. The second-order valence-electron chi connectivity index (χ2n) is 11.0. The van der Waals surface area contributed by atoms with Gasteiger partial charge in [-0.15, -0.1) is 0 Å². The zero-order valence-corrected chi connectivity index (χ0v) is 23.7. The molecule has 0 aromatic heterocycles. The van der Waals surface area contributed by atoms with Gasteiger partial charge < -0.3 is 19.4 Å². The van der Waals surface area contributed by atoms with E-state index in [2.05, 4.69) is 0 Å². The van der Waals surface area contributed by atoms with Gasteiger partial charge in [0.15, 0.2) is 0 Å². The van der Waals surface area contributed by atoms with E-state index >= 15 is 0 Å². The molecule has 2 aliphatic rings. The SMILES string of the molecule is CC1CN(c2ccc(F)cc2C(F)(F)F)CCN1S(=O)(=O)c1cccc(N2CCN(C(=O)OC(C)(C)C)CC2)c1. The van der Waals surface area contributed by atoms with E-state index in [0.717, 1.165) is 12.1 Å². The van der Waals surface area contributed by atoms with Crippen molar-refractivity contribution < 1.29 is 35.5 Å². The fraction of sp³-hybridized carbons (Fsp3) is 0.519. The molecular weight excluding hydrogens is 552 g/mol. The minimum Gasteiger partial charge on any atom is -0.444 e. The van der Waals surface area contributed by atoms with Gasteiger partial charge in [-0.3, -0.25) is 0 Å². The number of benzene rings is 2. The molecule has 220 valence electrons. The number of alkyl halides is 3. The molecule has 4 rings (SSSR count). The van der Waals surface area contributed by atoms with Crippen LogP contribution in [0.2, 0.25) is 0 Å². The average molecular weight is 587 g/mol. The van der Waals surface area contributed by atoms with Gasteiger partial charge in [0.1, 0.15) is 11.4 Å². The van der Waals surface area contributed by atoms with Crippen LogP contribution < -0.4 is 9.80 Å². The fourth-order valence-electron chi connectivity index (χ4n) is 4.98. The molecule has 2 saturated heterocycles. The summed E-state index contributed by atoms with van der Waals surface area (Å²) in [5.74, 6) is -0.989. The highest BCUT2D eigenvalue weighted by molar-refractivity contribution is 7.89. The van der Waals surface area contributed by atoms with Gasteiger partial charge in [-0.25, -0.2) is 17.6 Å². The Kier molecular flexibility index (Phi) is 8.28. The van der Waals surface area contributed by atoms with Gasteiger partial charge in [-0.2, -0.15) is 17.5 Å². The molecule has 0 aliphatic carbocycles. The molecule has 40 heavy (non-hydrogen) atoms. The van der Waals surface area contributed by atoms with E-state index in [1.807, 2.05) is 4.90 Å². The number of carbonyl (C=O) groups is 1. The minimum absolute atomic E-state index is 0.0141. The second kappa shape index (κ2) is 11.1. The monoisotopic (exact) mass is 586 g/mol. The Hall–Kier alpha value is -3.06.